The van der Waals surface area contributed by atoms with Gasteiger partial charge in [0, 0.05) is 18.4 Å². The van der Waals surface area contributed by atoms with Crippen molar-refractivity contribution in [2.24, 2.45) is 5.41 Å². The maximum atomic E-state index is 12.8. The second-order valence-corrected chi connectivity index (χ2v) is 6.19. The summed E-state index contributed by atoms with van der Waals surface area (Å²) in [4.78, 5) is 27.1. The molecule has 1 fully saturated rings. The molecule has 5 heteroatoms. The molecule has 0 unspecified atom stereocenters. The minimum atomic E-state index is -0.955. The highest BCUT2D eigenvalue weighted by molar-refractivity contribution is 6.17. The van der Waals surface area contributed by atoms with Crippen molar-refractivity contribution in [1.82, 2.24) is 0 Å². The van der Waals surface area contributed by atoms with Crippen molar-refractivity contribution < 1.29 is 14.3 Å². The van der Waals surface area contributed by atoms with Crippen LogP contribution in [0.5, 0.6) is 5.75 Å². The second-order valence-electron chi connectivity index (χ2n) is 6.19. The summed E-state index contributed by atoms with van der Waals surface area (Å²) < 4.78 is 5.39. The molecule has 0 aliphatic heterocycles. The van der Waals surface area contributed by atoms with Gasteiger partial charge < -0.3 is 15.0 Å². The van der Waals surface area contributed by atoms with E-state index >= 15 is 0 Å². The fraction of sp³-hybridized carbons (Fsp3) is 0.300. The molecule has 2 aromatic rings. The molecule has 5 nitrogen and oxygen atoms in total. The number of benzene rings is 2. The summed E-state index contributed by atoms with van der Waals surface area (Å²) in [5.74, 6) is 0.341. The lowest BCUT2D eigenvalue weighted by Gasteiger charge is -2.23. The Balaban J connectivity index is 1.69. The predicted octanol–water partition coefficient (Wildman–Crippen LogP) is 3.47. The Morgan fingerprint density at radius 3 is 2.28 bits per heavy atom. The number of hydrogen-bond acceptors (Lipinski definition) is 3. The summed E-state index contributed by atoms with van der Waals surface area (Å²) in [5, 5.41) is 2.86. The van der Waals surface area contributed by atoms with E-state index in [2.05, 4.69) is 5.32 Å². The van der Waals surface area contributed by atoms with E-state index in [0.717, 1.165) is 11.4 Å². The Morgan fingerprint density at radius 2 is 1.72 bits per heavy atom. The Bertz CT molecular complexity index is 752. The summed E-state index contributed by atoms with van der Waals surface area (Å²) >= 11 is 0. The lowest BCUT2D eigenvalue weighted by molar-refractivity contribution is -0.132. The Kier molecular flexibility index (Phi) is 4.74. The van der Waals surface area contributed by atoms with Gasteiger partial charge in [0.1, 0.15) is 11.2 Å². The van der Waals surface area contributed by atoms with Crippen molar-refractivity contribution >= 4 is 23.2 Å². The zero-order valence-corrected chi connectivity index (χ0v) is 14.5. The molecule has 1 saturated carbocycles. The van der Waals surface area contributed by atoms with E-state index in [-0.39, 0.29) is 11.8 Å². The summed E-state index contributed by atoms with van der Waals surface area (Å²) in [5.41, 5.74) is 0.492. The minimum Gasteiger partial charge on any atom is -0.494 e. The van der Waals surface area contributed by atoms with Gasteiger partial charge in [-0.25, -0.2) is 0 Å². The number of nitrogens with zero attached hydrogens (tertiary/aromatic N) is 1. The molecule has 1 aliphatic rings. The van der Waals surface area contributed by atoms with Gasteiger partial charge in [0.05, 0.1) is 6.61 Å². The minimum absolute atomic E-state index is 0.165. The zero-order chi connectivity index (χ0) is 17.9. The molecule has 0 radical (unpaired) electrons. The van der Waals surface area contributed by atoms with Crippen LogP contribution in [0.2, 0.25) is 0 Å². The van der Waals surface area contributed by atoms with Crippen molar-refractivity contribution in [3.63, 3.8) is 0 Å². The molecule has 0 heterocycles. The lowest BCUT2D eigenvalue weighted by atomic mass is 10.0. The summed E-state index contributed by atoms with van der Waals surface area (Å²) in [6.07, 6.45) is 1.15. The number of anilines is 2. The van der Waals surface area contributed by atoms with Gasteiger partial charge in [0.2, 0.25) is 11.8 Å². The third-order valence-corrected chi connectivity index (χ3v) is 4.47. The fourth-order valence-corrected chi connectivity index (χ4v) is 2.80. The molecule has 0 atom stereocenters. The molecular weight excluding hydrogens is 316 g/mol. The number of rotatable bonds is 6. The number of ether oxygens (including phenoxy) is 1. The van der Waals surface area contributed by atoms with Crippen molar-refractivity contribution in [2.75, 3.05) is 23.9 Å². The van der Waals surface area contributed by atoms with Gasteiger partial charge >= 0.3 is 0 Å². The average Bonchev–Trinajstić information content (AvgIpc) is 3.45. The van der Waals surface area contributed by atoms with Crippen LogP contribution in [0.15, 0.2) is 54.6 Å². The largest absolute Gasteiger partial charge is 0.494 e. The van der Waals surface area contributed by atoms with Gasteiger partial charge in [-0.1, -0.05) is 18.2 Å². The lowest BCUT2D eigenvalue weighted by Crippen LogP contribution is -2.41. The number of para-hydroxylation sites is 1. The first kappa shape index (κ1) is 17.0. The quantitative estimate of drug-likeness (QED) is 0.821. The van der Waals surface area contributed by atoms with Crippen LogP contribution in [-0.2, 0) is 9.59 Å². The highest BCUT2D eigenvalue weighted by atomic mass is 16.5. The number of carbonyl (C=O) groups excluding carboxylic acids is 2. The Morgan fingerprint density at radius 1 is 1.08 bits per heavy atom. The third-order valence-electron chi connectivity index (χ3n) is 4.47. The third kappa shape index (κ3) is 3.50. The second kappa shape index (κ2) is 6.97. The van der Waals surface area contributed by atoms with Crippen molar-refractivity contribution in [3.05, 3.63) is 54.6 Å². The van der Waals surface area contributed by atoms with Crippen LogP contribution in [-0.4, -0.2) is 25.5 Å². The molecule has 0 bridgehead atoms. The molecule has 0 aromatic heterocycles. The van der Waals surface area contributed by atoms with Crippen molar-refractivity contribution in [1.29, 1.82) is 0 Å². The maximum Gasteiger partial charge on any atom is 0.242 e. The number of hydrogen-bond donors (Lipinski definition) is 1. The first-order chi connectivity index (χ1) is 12.1. The maximum absolute atomic E-state index is 12.8. The zero-order valence-electron chi connectivity index (χ0n) is 14.5. The number of nitrogens with one attached hydrogen (secondary N) is 1. The van der Waals surface area contributed by atoms with Crippen molar-refractivity contribution in [2.45, 2.75) is 19.8 Å². The van der Waals surface area contributed by atoms with Crippen LogP contribution in [0.3, 0.4) is 0 Å². The molecule has 2 amide bonds. The normalized spacial score (nSPS) is 14.5. The molecule has 130 valence electrons. The van der Waals surface area contributed by atoms with E-state index in [4.69, 9.17) is 4.74 Å². The SMILES string of the molecule is CCOc1ccc(NC(=O)C2(C(=O)N(C)c3ccccc3)CC2)cc1. The van der Waals surface area contributed by atoms with E-state index in [1.807, 2.05) is 37.3 Å². The summed E-state index contributed by atoms with van der Waals surface area (Å²) in [6.45, 7) is 2.51. The smallest absolute Gasteiger partial charge is 0.242 e. The first-order valence-corrected chi connectivity index (χ1v) is 8.44. The van der Waals surface area contributed by atoms with E-state index < -0.39 is 5.41 Å². The van der Waals surface area contributed by atoms with Gasteiger partial charge in [-0.05, 0) is 56.2 Å². The van der Waals surface area contributed by atoms with Gasteiger partial charge in [0.15, 0.2) is 0 Å². The molecule has 1 aliphatic carbocycles. The number of amides is 2. The Labute approximate surface area is 147 Å². The van der Waals surface area contributed by atoms with E-state index in [1.54, 1.807) is 36.2 Å². The van der Waals surface area contributed by atoms with Crippen LogP contribution in [0.4, 0.5) is 11.4 Å². The Hall–Kier alpha value is -2.82. The average molecular weight is 338 g/mol. The summed E-state index contributed by atoms with van der Waals surface area (Å²) in [7, 11) is 1.71. The van der Waals surface area contributed by atoms with Crippen LogP contribution < -0.4 is 15.0 Å². The summed E-state index contributed by atoms with van der Waals surface area (Å²) in [6, 6.07) is 16.5. The van der Waals surface area contributed by atoms with Gasteiger partial charge in [-0.2, -0.15) is 0 Å². The van der Waals surface area contributed by atoms with Crippen molar-refractivity contribution in [3.8, 4) is 5.75 Å². The van der Waals surface area contributed by atoms with E-state index in [9.17, 15) is 9.59 Å². The van der Waals surface area contributed by atoms with Crippen LogP contribution in [0.25, 0.3) is 0 Å². The van der Waals surface area contributed by atoms with E-state index in [1.165, 1.54) is 0 Å². The van der Waals surface area contributed by atoms with E-state index in [0.29, 0.717) is 25.1 Å². The highest BCUT2D eigenvalue weighted by Crippen LogP contribution is 2.48. The molecule has 3 rings (SSSR count). The topological polar surface area (TPSA) is 58.6 Å². The monoisotopic (exact) mass is 338 g/mol. The predicted molar refractivity (Wildman–Crippen MR) is 97.8 cm³/mol. The van der Waals surface area contributed by atoms with Crippen LogP contribution in [0.1, 0.15) is 19.8 Å². The molecule has 25 heavy (non-hydrogen) atoms. The number of carbonyl (C=O) groups is 2. The molecule has 2 aromatic carbocycles. The van der Waals surface area contributed by atoms with Gasteiger partial charge in [-0.3, -0.25) is 9.59 Å². The fourth-order valence-electron chi connectivity index (χ4n) is 2.80. The molecule has 0 spiro atoms. The van der Waals surface area contributed by atoms with Gasteiger partial charge in [-0.15, -0.1) is 0 Å². The standard InChI is InChI=1S/C20H22N2O3/c1-3-25-17-11-9-15(10-12-17)21-18(23)20(13-14-20)19(24)22(2)16-7-5-4-6-8-16/h4-12H,3,13-14H2,1-2H3,(H,21,23). The highest BCUT2D eigenvalue weighted by Gasteiger charge is 2.57. The van der Waals surface area contributed by atoms with Crippen LogP contribution >= 0.6 is 0 Å². The molecular formula is C20H22N2O3. The first-order valence-electron chi connectivity index (χ1n) is 8.44. The molecule has 1 N–H and O–H groups in total. The van der Waals surface area contributed by atoms with Gasteiger partial charge in [0.25, 0.3) is 0 Å². The van der Waals surface area contributed by atoms with Crippen LogP contribution in [0, 0.1) is 5.41 Å². The molecule has 0 saturated heterocycles.